The summed E-state index contributed by atoms with van der Waals surface area (Å²) >= 11 is 5.26. The molecule has 2 aromatic carbocycles. The van der Waals surface area contributed by atoms with E-state index in [0.29, 0.717) is 54.8 Å². The minimum absolute atomic E-state index is 0.0544. The summed E-state index contributed by atoms with van der Waals surface area (Å²) in [7, 11) is 0. The lowest BCUT2D eigenvalue weighted by atomic mass is 10.1. The van der Waals surface area contributed by atoms with E-state index in [9.17, 15) is 14.9 Å². The second kappa shape index (κ2) is 10.1. The van der Waals surface area contributed by atoms with E-state index in [2.05, 4.69) is 20.6 Å². The molecule has 11 nitrogen and oxygen atoms in total. The minimum atomic E-state index is -0.556. The number of amides is 1. The van der Waals surface area contributed by atoms with Crippen molar-refractivity contribution in [3.05, 3.63) is 76.5 Å². The molecule has 2 N–H and O–H groups in total. The van der Waals surface area contributed by atoms with Crippen LogP contribution in [0.4, 0.5) is 17.1 Å². The van der Waals surface area contributed by atoms with Crippen molar-refractivity contribution in [2.75, 3.05) is 36.5 Å². The van der Waals surface area contributed by atoms with Crippen molar-refractivity contribution < 1.29 is 18.9 Å². The minimum Gasteiger partial charge on any atom is -0.434 e. The van der Waals surface area contributed by atoms with Crippen LogP contribution in [0.1, 0.15) is 10.4 Å². The lowest BCUT2D eigenvalue weighted by molar-refractivity contribution is -0.384. The number of nitro groups is 1. The number of hydrogen-bond donors (Lipinski definition) is 2. The number of morpholine rings is 1. The summed E-state index contributed by atoms with van der Waals surface area (Å²) < 4.78 is 11.0. The van der Waals surface area contributed by atoms with Crippen molar-refractivity contribution in [3.8, 4) is 11.5 Å². The summed E-state index contributed by atoms with van der Waals surface area (Å²) in [6.45, 7) is 2.07. The Morgan fingerprint density at radius 1 is 1.11 bits per heavy atom. The van der Waals surface area contributed by atoms with Crippen LogP contribution in [-0.4, -0.2) is 52.2 Å². The third-order valence-corrected chi connectivity index (χ3v) is 5.77. The number of rotatable bonds is 5. The number of nitro benzene ring substituents is 1. The maximum Gasteiger partial charge on any atom is 0.293 e. The molecule has 12 heteroatoms. The topological polar surface area (TPSA) is 136 Å². The van der Waals surface area contributed by atoms with Gasteiger partial charge in [-0.2, -0.15) is 4.98 Å². The van der Waals surface area contributed by atoms with E-state index in [1.807, 2.05) is 4.90 Å². The molecule has 0 atom stereocenters. The SMILES string of the molecule is O=C(NC(=S)Nc1ccc(-c2nc3ncccc3o2)cc1)c1ccc(N2CCOCC2)c([N+](=O)[O-])c1. The number of nitrogens with zero attached hydrogens (tertiary/aromatic N) is 4. The summed E-state index contributed by atoms with van der Waals surface area (Å²) in [5.41, 5.74) is 2.94. The Hall–Kier alpha value is -4.42. The fraction of sp³-hybridized carbons (Fsp3) is 0.167. The van der Waals surface area contributed by atoms with Gasteiger partial charge in [-0.3, -0.25) is 20.2 Å². The van der Waals surface area contributed by atoms with Crippen LogP contribution in [0.2, 0.25) is 0 Å². The molecule has 4 aromatic rings. The summed E-state index contributed by atoms with van der Waals surface area (Å²) in [5.74, 6) is -0.118. The molecule has 0 spiro atoms. The molecular weight excluding hydrogens is 484 g/mol. The van der Waals surface area contributed by atoms with Gasteiger partial charge in [-0.1, -0.05) is 0 Å². The number of ether oxygens (including phenoxy) is 1. The molecule has 1 saturated heterocycles. The smallest absolute Gasteiger partial charge is 0.293 e. The van der Waals surface area contributed by atoms with Gasteiger partial charge < -0.3 is 19.4 Å². The first-order valence-electron chi connectivity index (χ1n) is 11.0. The van der Waals surface area contributed by atoms with Gasteiger partial charge in [-0.15, -0.1) is 0 Å². The van der Waals surface area contributed by atoms with Crippen molar-refractivity contribution in [1.82, 2.24) is 15.3 Å². The molecule has 182 valence electrons. The molecule has 0 saturated carbocycles. The van der Waals surface area contributed by atoms with Crippen LogP contribution < -0.4 is 15.5 Å². The summed E-state index contributed by atoms with van der Waals surface area (Å²) in [6.07, 6.45) is 1.65. The third-order valence-electron chi connectivity index (χ3n) is 5.57. The predicted molar refractivity (Wildman–Crippen MR) is 137 cm³/mol. The molecule has 0 radical (unpaired) electrons. The molecule has 36 heavy (non-hydrogen) atoms. The number of pyridine rings is 1. The third kappa shape index (κ3) is 4.99. The van der Waals surface area contributed by atoms with E-state index in [1.54, 1.807) is 54.7 Å². The Bertz CT molecular complexity index is 1420. The highest BCUT2D eigenvalue weighted by Crippen LogP contribution is 2.30. The highest BCUT2D eigenvalue weighted by molar-refractivity contribution is 7.80. The average molecular weight is 505 g/mol. The molecule has 0 unspecified atom stereocenters. The van der Waals surface area contributed by atoms with Crippen LogP contribution in [-0.2, 0) is 4.74 Å². The molecule has 0 bridgehead atoms. The van der Waals surface area contributed by atoms with Gasteiger partial charge in [-0.25, -0.2) is 4.98 Å². The van der Waals surface area contributed by atoms with E-state index < -0.39 is 10.8 Å². The van der Waals surface area contributed by atoms with Gasteiger partial charge in [0.25, 0.3) is 11.6 Å². The fourth-order valence-electron chi connectivity index (χ4n) is 3.81. The number of hydrogen-bond acceptors (Lipinski definition) is 9. The van der Waals surface area contributed by atoms with Crippen LogP contribution in [0.15, 0.2) is 65.2 Å². The van der Waals surface area contributed by atoms with Crippen LogP contribution in [0.5, 0.6) is 0 Å². The lowest BCUT2D eigenvalue weighted by Gasteiger charge is -2.28. The van der Waals surface area contributed by atoms with E-state index in [1.165, 1.54) is 6.07 Å². The Labute approximate surface area is 210 Å². The first kappa shape index (κ1) is 23.3. The van der Waals surface area contributed by atoms with E-state index in [-0.39, 0.29) is 16.4 Å². The summed E-state index contributed by atoms with van der Waals surface area (Å²) in [5, 5.41) is 17.2. The zero-order chi connectivity index (χ0) is 25.1. The molecule has 3 heterocycles. The Balaban J connectivity index is 1.24. The number of oxazole rings is 1. The second-order valence-corrected chi connectivity index (χ2v) is 8.30. The monoisotopic (exact) mass is 504 g/mol. The van der Waals surface area contributed by atoms with E-state index >= 15 is 0 Å². The molecule has 1 fully saturated rings. The summed E-state index contributed by atoms with van der Waals surface area (Å²) in [4.78, 5) is 34.3. The number of fused-ring (bicyclic) bond motifs is 1. The molecule has 5 rings (SSSR count). The lowest BCUT2D eigenvalue weighted by Crippen LogP contribution is -2.37. The second-order valence-electron chi connectivity index (χ2n) is 7.89. The van der Waals surface area contributed by atoms with Gasteiger partial charge in [0.05, 0.1) is 18.1 Å². The number of benzene rings is 2. The normalized spacial score (nSPS) is 13.4. The Morgan fingerprint density at radius 2 is 1.89 bits per heavy atom. The van der Waals surface area contributed by atoms with E-state index in [0.717, 1.165) is 5.56 Å². The van der Waals surface area contributed by atoms with Crippen molar-refractivity contribution in [2.24, 2.45) is 0 Å². The van der Waals surface area contributed by atoms with Gasteiger partial charge in [0, 0.05) is 42.2 Å². The van der Waals surface area contributed by atoms with Gasteiger partial charge in [0.2, 0.25) is 5.89 Å². The highest BCUT2D eigenvalue weighted by atomic mass is 32.1. The number of carbonyl (C=O) groups excluding carboxylic acids is 1. The maximum absolute atomic E-state index is 12.7. The predicted octanol–water partition coefficient (Wildman–Crippen LogP) is 3.76. The first-order valence-corrected chi connectivity index (χ1v) is 11.4. The summed E-state index contributed by atoms with van der Waals surface area (Å²) in [6, 6.07) is 15.1. The van der Waals surface area contributed by atoms with Crippen molar-refractivity contribution in [3.63, 3.8) is 0 Å². The quantitative estimate of drug-likeness (QED) is 0.235. The zero-order valence-corrected chi connectivity index (χ0v) is 19.7. The number of thiocarbonyl (C=S) groups is 1. The van der Waals surface area contributed by atoms with E-state index in [4.69, 9.17) is 21.4 Å². The van der Waals surface area contributed by atoms with Crippen molar-refractivity contribution in [1.29, 1.82) is 0 Å². The number of anilines is 2. The maximum atomic E-state index is 12.7. The van der Waals surface area contributed by atoms with Crippen LogP contribution in [0.3, 0.4) is 0 Å². The van der Waals surface area contributed by atoms with Gasteiger partial charge in [0.1, 0.15) is 5.69 Å². The molecule has 1 aliphatic heterocycles. The standard InChI is InChI=1S/C24H20N6O5S/c31-22(16-5-8-18(19(14-16)30(32)33)29-10-12-34-13-11-29)28-24(36)26-17-6-3-15(4-7-17)23-27-21-20(35-23)2-1-9-25-21/h1-9,14H,10-13H2,(H2,26,28,31,36). The molecule has 0 aliphatic carbocycles. The molecule has 1 amide bonds. The van der Waals surface area contributed by atoms with Gasteiger partial charge in [-0.05, 0) is 60.7 Å². The van der Waals surface area contributed by atoms with Gasteiger partial charge in [0.15, 0.2) is 16.3 Å². The number of carbonyl (C=O) groups is 1. The first-order chi connectivity index (χ1) is 17.5. The molecule has 1 aliphatic rings. The zero-order valence-electron chi connectivity index (χ0n) is 18.8. The fourth-order valence-corrected chi connectivity index (χ4v) is 4.02. The number of aromatic nitrogens is 2. The van der Waals surface area contributed by atoms with Crippen LogP contribution in [0, 0.1) is 10.1 Å². The van der Waals surface area contributed by atoms with Crippen molar-refractivity contribution >= 4 is 51.5 Å². The van der Waals surface area contributed by atoms with Crippen molar-refractivity contribution in [2.45, 2.75) is 0 Å². The average Bonchev–Trinajstić information content (AvgIpc) is 3.33. The molecular formula is C24H20N6O5S. The molecule has 2 aromatic heterocycles. The number of nitrogens with one attached hydrogen (secondary N) is 2. The van der Waals surface area contributed by atoms with Crippen LogP contribution >= 0.6 is 12.2 Å². The highest BCUT2D eigenvalue weighted by Gasteiger charge is 2.23. The Kier molecular flexibility index (Phi) is 6.52. The van der Waals surface area contributed by atoms with Crippen LogP contribution in [0.25, 0.3) is 22.7 Å². The van der Waals surface area contributed by atoms with Gasteiger partial charge >= 0.3 is 0 Å². The Morgan fingerprint density at radius 3 is 2.61 bits per heavy atom. The largest absolute Gasteiger partial charge is 0.434 e.